The normalized spacial score (nSPS) is 18.4. The molecule has 3 rings (SSSR count). The first-order valence-corrected chi connectivity index (χ1v) is 13.7. The minimum atomic E-state index is -0.216. The molecule has 0 aliphatic heterocycles. The summed E-state index contributed by atoms with van der Waals surface area (Å²) in [5, 5.41) is 0. The van der Waals surface area contributed by atoms with Crippen molar-refractivity contribution in [2.24, 2.45) is 11.8 Å². The molecule has 1 nitrogen and oxygen atoms in total. The van der Waals surface area contributed by atoms with Gasteiger partial charge in [-0.1, -0.05) is 95.5 Å². The molecule has 0 bridgehead atoms. The van der Waals surface area contributed by atoms with Crippen molar-refractivity contribution >= 4 is 0 Å². The van der Waals surface area contributed by atoms with E-state index in [1.54, 1.807) is 6.07 Å². The van der Waals surface area contributed by atoms with Gasteiger partial charge in [-0.2, -0.15) is 0 Å². The summed E-state index contributed by atoms with van der Waals surface area (Å²) >= 11 is 0. The average molecular weight is 453 g/mol. The molecule has 0 radical (unpaired) electrons. The van der Waals surface area contributed by atoms with Crippen LogP contribution in [0.4, 0.5) is 4.39 Å². The highest BCUT2D eigenvalue weighted by molar-refractivity contribution is 5.30. The number of benzene rings is 2. The van der Waals surface area contributed by atoms with E-state index in [0.29, 0.717) is 18.3 Å². The van der Waals surface area contributed by atoms with Gasteiger partial charge in [-0.05, 0) is 79.2 Å². The van der Waals surface area contributed by atoms with E-state index in [1.807, 2.05) is 12.1 Å². The van der Waals surface area contributed by atoms with E-state index in [1.165, 1.54) is 88.2 Å². The summed E-state index contributed by atoms with van der Waals surface area (Å²) in [5.74, 6) is 1.69. The molecule has 1 fully saturated rings. The lowest BCUT2D eigenvalue weighted by Crippen LogP contribution is -2.20. The minimum absolute atomic E-state index is 0.216. The Hall–Kier alpha value is -1.83. The van der Waals surface area contributed by atoms with E-state index >= 15 is 0 Å². The maximum atomic E-state index is 14.6. The maximum absolute atomic E-state index is 14.6. The van der Waals surface area contributed by atoms with Crippen LogP contribution >= 0.6 is 0 Å². The molecule has 0 saturated heterocycles. The third-order valence-electron chi connectivity index (χ3n) is 7.45. The Kier molecular flexibility index (Phi) is 11.3. The summed E-state index contributed by atoms with van der Waals surface area (Å²) in [6, 6.07) is 14.5. The van der Waals surface area contributed by atoms with Gasteiger partial charge < -0.3 is 4.74 Å². The molecule has 0 aromatic heterocycles. The lowest BCUT2D eigenvalue weighted by atomic mass is 9.80. The van der Waals surface area contributed by atoms with Gasteiger partial charge in [-0.3, -0.25) is 0 Å². The molecule has 182 valence electrons. The summed E-state index contributed by atoms with van der Waals surface area (Å²) in [6.45, 7) is 5.17. The second kappa shape index (κ2) is 14.4. The molecule has 0 amide bonds. The topological polar surface area (TPSA) is 9.23 Å². The molecule has 0 unspecified atom stereocenters. The SMILES string of the molecule is CCCCCc1ccc(CCc2ccc(OCC3CCC(CCCCC)CC3)c(F)c2)cc1. The van der Waals surface area contributed by atoms with Crippen molar-refractivity contribution < 1.29 is 9.13 Å². The van der Waals surface area contributed by atoms with Gasteiger partial charge in [0.1, 0.15) is 0 Å². The number of hydrogen-bond acceptors (Lipinski definition) is 1. The minimum Gasteiger partial charge on any atom is -0.490 e. The molecular weight excluding hydrogens is 407 g/mol. The molecular formula is C31H45FO. The Bertz CT molecular complexity index is 789. The van der Waals surface area contributed by atoms with Crippen LogP contribution in [0.2, 0.25) is 0 Å². The summed E-state index contributed by atoms with van der Waals surface area (Å²) in [7, 11) is 0. The second-order valence-corrected chi connectivity index (χ2v) is 10.2. The Morgan fingerprint density at radius 2 is 1.27 bits per heavy atom. The largest absolute Gasteiger partial charge is 0.490 e. The fourth-order valence-electron chi connectivity index (χ4n) is 5.13. The predicted molar refractivity (Wildman–Crippen MR) is 139 cm³/mol. The molecule has 1 saturated carbocycles. The van der Waals surface area contributed by atoms with E-state index < -0.39 is 0 Å². The highest BCUT2D eigenvalue weighted by Crippen LogP contribution is 2.32. The van der Waals surface area contributed by atoms with Crippen LogP contribution in [0.3, 0.4) is 0 Å². The van der Waals surface area contributed by atoms with E-state index in [0.717, 1.165) is 24.3 Å². The molecule has 33 heavy (non-hydrogen) atoms. The van der Waals surface area contributed by atoms with Gasteiger partial charge in [0.05, 0.1) is 6.61 Å². The van der Waals surface area contributed by atoms with Crippen LogP contribution in [0.25, 0.3) is 0 Å². The number of aryl methyl sites for hydroxylation is 3. The lowest BCUT2D eigenvalue weighted by Gasteiger charge is -2.28. The van der Waals surface area contributed by atoms with Crippen LogP contribution in [-0.2, 0) is 19.3 Å². The molecule has 0 heterocycles. The quantitative estimate of drug-likeness (QED) is 0.260. The summed E-state index contributed by atoms with van der Waals surface area (Å²) in [6.07, 6.45) is 17.3. The lowest BCUT2D eigenvalue weighted by molar-refractivity contribution is 0.173. The van der Waals surface area contributed by atoms with Crippen molar-refractivity contribution in [2.45, 2.75) is 104 Å². The number of ether oxygens (including phenoxy) is 1. The third kappa shape index (κ3) is 9.14. The zero-order valence-electron chi connectivity index (χ0n) is 21.1. The zero-order chi connectivity index (χ0) is 23.3. The molecule has 0 atom stereocenters. The van der Waals surface area contributed by atoms with Crippen LogP contribution in [0.15, 0.2) is 42.5 Å². The zero-order valence-corrected chi connectivity index (χ0v) is 21.1. The molecule has 0 spiro atoms. The fraction of sp³-hybridized carbons (Fsp3) is 0.613. The number of unbranched alkanes of at least 4 members (excludes halogenated alkanes) is 4. The highest BCUT2D eigenvalue weighted by atomic mass is 19.1. The first kappa shape index (κ1) is 25.8. The van der Waals surface area contributed by atoms with E-state index in [2.05, 4.69) is 38.1 Å². The molecule has 0 N–H and O–H groups in total. The Labute approximate surface area is 202 Å². The Morgan fingerprint density at radius 1 is 0.697 bits per heavy atom. The van der Waals surface area contributed by atoms with E-state index in [-0.39, 0.29) is 5.82 Å². The van der Waals surface area contributed by atoms with Crippen LogP contribution in [-0.4, -0.2) is 6.61 Å². The Balaban J connectivity index is 1.38. The summed E-state index contributed by atoms with van der Waals surface area (Å²) in [4.78, 5) is 0. The number of halogens is 1. The first-order chi connectivity index (χ1) is 16.2. The smallest absolute Gasteiger partial charge is 0.165 e. The summed E-state index contributed by atoms with van der Waals surface area (Å²) in [5.41, 5.74) is 3.78. The van der Waals surface area contributed by atoms with E-state index in [4.69, 9.17) is 4.74 Å². The monoisotopic (exact) mass is 452 g/mol. The number of rotatable bonds is 14. The Morgan fingerprint density at radius 3 is 1.94 bits per heavy atom. The van der Waals surface area contributed by atoms with E-state index in [9.17, 15) is 4.39 Å². The van der Waals surface area contributed by atoms with Gasteiger partial charge in [0.2, 0.25) is 0 Å². The fourth-order valence-corrected chi connectivity index (χ4v) is 5.13. The molecule has 2 aromatic rings. The van der Waals surface area contributed by atoms with Crippen LogP contribution in [0.1, 0.15) is 101 Å². The molecule has 2 aromatic carbocycles. The van der Waals surface area contributed by atoms with Gasteiger partial charge in [-0.25, -0.2) is 4.39 Å². The second-order valence-electron chi connectivity index (χ2n) is 10.2. The average Bonchev–Trinajstić information content (AvgIpc) is 2.84. The maximum Gasteiger partial charge on any atom is 0.165 e. The standard InChI is InChI=1S/C31H45FO/c1-3-5-7-9-25-11-13-27(14-12-25)15-18-28-21-22-31(30(32)23-28)33-24-29-19-16-26(17-20-29)10-8-6-4-2/h11-14,21-23,26,29H,3-10,15-20,24H2,1-2H3. The van der Waals surface area contributed by atoms with Crippen molar-refractivity contribution in [1.82, 2.24) is 0 Å². The van der Waals surface area contributed by atoms with Gasteiger partial charge in [0.15, 0.2) is 11.6 Å². The van der Waals surface area contributed by atoms with Crippen molar-refractivity contribution in [2.75, 3.05) is 6.61 Å². The molecule has 1 aliphatic carbocycles. The number of hydrogen-bond donors (Lipinski definition) is 0. The molecule has 2 heteroatoms. The van der Waals surface area contributed by atoms with Crippen molar-refractivity contribution in [3.63, 3.8) is 0 Å². The van der Waals surface area contributed by atoms with Crippen molar-refractivity contribution in [3.8, 4) is 5.75 Å². The van der Waals surface area contributed by atoms with Gasteiger partial charge in [0.25, 0.3) is 0 Å². The van der Waals surface area contributed by atoms with Crippen molar-refractivity contribution in [1.29, 1.82) is 0 Å². The van der Waals surface area contributed by atoms with Gasteiger partial charge in [-0.15, -0.1) is 0 Å². The third-order valence-corrected chi connectivity index (χ3v) is 7.45. The molecule has 1 aliphatic rings. The van der Waals surface area contributed by atoms with Crippen LogP contribution in [0, 0.1) is 17.7 Å². The van der Waals surface area contributed by atoms with Crippen LogP contribution in [0.5, 0.6) is 5.75 Å². The first-order valence-electron chi connectivity index (χ1n) is 13.7. The predicted octanol–water partition coefficient (Wildman–Crippen LogP) is 9.11. The van der Waals surface area contributed by atoms with Crippen LogP contribution < -0.4 is 4.74 Å². The summed E-state index contributed by atoms with van der Waals surface area (Å²) < 4.78 is 20.5. The van der Waals surface area contributed by atoms with Gasteiger partial charge in [0, 0.05) is 0 Å². The van der Waals surface area contributed by atoms with Crippen molar-refractivity contribution in [3.05, 3.63) is 65.0 Å². The van der Waals surface area contributed by atoms with Gasteiger partial charge >= 0.3 is 0 Å². The highest BCUT2D eigenvalue weighted by Gasteiger charge is 2.21.